The number of piperidine rings is 1. The number of benzene rings is 2. The molecule has 2 aromatic carbocycles. The summed E-state index contributed by atoms with van der Waals surface area (Å²) in [6, 6.07) is 13.7. The predicted octanol–water partition coefficient (Wildman–Crippen LogP) is 4.50. The molecule has 0 spiro atoms. The molecular weight excluding hydrogens is 429 g/mol. The van der Waals surface area contributed by atoms with Gasteiger partial charge in [-0.1, -0.05) is 30.3 Å². The van der Waals surface area contributed by atoms with Gasteiger partial charge >= 0.3 is 0 Å². The fraction of sp³-hybridized carbons (Fsp3) is 0.350. The molecule has 5 heteroatoms. The van der Waals surface area contributed by atoms with Gasteiger partial charge in [0.05, 0.1) is 10.7 Å². The molecular formula is C20H22INO3. The van der Waals surface area contributed by atoms with Crippen LogP contribution in [0.4, 0.5) is 0 Å². The molecule has 0 aromatic heterocycles. The number of carbonyl (C=O) groups is 1. The third-order valence-electron chi connectivity index (χ3n) is 4.35. The first-order chi connectivity index (χ1) is 12.2. The fourth-order valence-electron chi connectivity index (χ4n) is 2.99. The molecule has 0 aliphatic carbocycles. The van der Waals surface area contributed by atoms with Crippen LogP contribution in [0.5, 0.6) is 11.5 Å². The maximum Gasteiger partial charge on any atom is 0.254 e. The molecule has 0 N–H and O–H groups in total. The van der Waals surface area contributed by atoms with Crippen LogP contribution in [0.1, 0.15) is 35.2 Å². The van der Waals surface area contributed by atoms with Gasteiger partial charge in [-0.05, 0) is 59.5 Å². The highest BCUT2D eigenvalue weighted by molar-refractivity contribution is 14.1. The van der Waals surface area contributed by atoms with Crippen LogP contribution in [0.25, 0.3) is 0 Å². The van der Waals surface area contributed by atoms with E-state index < -0.39 is 0 Å². The zero-order valence-electron chi connectivity index (χ0n) is 14.3. The number of hydrogen-bond donors (Lipinski definition) is 0. The first-order valence-electron chi connectivity index (χ1n) is 8.52. The number of likely N-dealkylation sites (tertiary alicyclic amines) is 1. The van der Waals surface area contributed by atoms with E-state index in [-0.39, 0.29) is 5.91 Å². The van der Waals surface area contributed by atoms with E-state index in [1.807, 2.05) is 41.3 Å². The third-order valence-corrected chi connectivity index (χ3v) is 5.15. The number of ether oxygens (including phenoxy) is 2. The fourth-order valence-corrected chi connectivity index (χ4v) is 3.75. The topological polar surface area (TPSA) is 38.8 Å². The molecule has 0 radical (unpaired) electrons. The SMILES string of the molecule is COc1cc(C(=O)N2CCCCC2)cc(I)c1OCc1ccccc1. The Morgan fingerprint density at radius 3 is 2.52 bits per heavy atom. The van der Waals surface area contributed by atoms with Gasteiger partial charge in [0.25, 0.3) is 5.91 Å². The van der Waals surface area contributed by atoms with Crippen LogP contribution in [-0.2, 0) is 6.61 Å². The van der Waals surface area contributed by atoms with Crippen LogP contribution in [0.2, 0.25) is 0 Å². The van der Waals surface area contributed by atoms with Gasteiger partial charge in [-0.3, -0.25) is 4.79 Å². The molecule has 1 saturated heterocycles. The molecule has 1 aliphatic rings. The second-order valence-electron chi connectivity index (χ2n) is 6.12. The lowest BCUT2D eigenvalue weighted by molar-refractivity contribution is 0.0724. The minimum absolute atomic E-state index is 0.0746. The quantitative estimate of drug-likeness (QED) is 0.629. The summed E-state index contributed by atoms with van der Waals surface area (Å²) in [5.41, 5.74) is 1.75. The summed E-state index contributed by atoms with van der Waals surface area (Å²) in [5.74, 6) is 1.36. The van der Waals surface area contributed by atoms with Crippen LogP contribution in [-0.4, -0.2) is 31.0 Å². The van der Waals surface area contributed by atoms with Gasteiger partial charge in [0, 0.05) is 18.7 Å². The van der Waals surface area contributed by atoms with E-state index in [1.165, 1.54) is 6.42 Å². The highest BCUT2D eigenvalue weighted by atomic mass is 127. The Morgan fingerprint density at radius 2 is 1.84 bits per heavy atom. The summed E-state index contributed by atoms with van der Waals surface area (Å²) in [7, 11) is 1.61. The van der Waals surface area contributed by atoms with Crippen LogP contribution >= 0.6 is 22.6 Å². The molecule has 0 bridgehead atoms. The molecule has 1 heterocycles. The first kappa shape index (κ1) is 18.0. The van der Waals surface area contributed by atoms with Crippen molar-refractivity contribution in [3.8, 4) is 11.5 Å². The minimum Gasteiger partial charge on any atom is -0.493 e. The number of rotatable bonds is 5. The second kappa shape index (κ2) is 8.56. The van der Waals surface area contributed by atoms with Crippen molar-refractivity contribution < 1.29 is 14.3 Å². The summed E-state index contributed by atoms with van der Waals surface area (Å²) in [6.07, 6.45) is 3.37. The third kappa shape index (κ3) is 4.45. The molecule has 1 amide bonds. The summed E-state index contributed by atoms with van der Waals surface area (Å²) in [4.78, 5) is 14.7. The van der Waals surface area contributed by atoms with Crippen molar-refractivity contribution in [2.45, 2.75) is 25.9 Å². The highest BCUT2D eigenvalue weighted by Gasteiger charge is 2.21. The van der Waals surface area contributed by atoms with E-state index in [9.17, 15) is 4.79 Å². The van der Waals surface area contributed by atoms with Crippen molar-refractivity contribution in [3.05, 3.63) is 57.2 Å². The van der Waals surface area contributed by atoms with Crippen LogP contribution in [0.15, 0.2) is 42.5 Å². The summed E-state index contributed by atoms with van der Waals surface area (Å²) < 4.78 is 12.3. The van der Waals surface area contributed by atoms with E-state index in [1.54, 1.807) is 13.2 Å². The molecule has 0 unspecified atom stereocenters. The summed E-state index contributed by atoms with van der Waals surface area (Å²) >= 11 is 2.21. The van der Waals surface area contributed by atoms with E-state index in [4.69, 9.17) is 9.47 Å². The standard InChI is InChI=1S/C20H22INO3/c1-24-18-13-16(20(23)22-10-6-3-7-11-22)12-17(21)19(18)25-14-15-8-4-2-5-9-15/h2,4-5,8-9,12-13H,3,6-7,10-11,14H2,1H3. The van der Waals surface area contributed by atoms with Gasteiger partial charge in [0.2, 0.25) is 0 Å². The Bertz CT molecular complexity index is 727. The van der Waals surface area contributed by atoms with Gasteiger partial charge in [-0.25, -0.2) is 0 Å². The molecule has 25 heavy (non-hydrogen) atoms. The Balaban J connectivity index is 1.79. The Kier molecular flexibility index (Phi) is 6.18. The van der Waals surface area contributed by atoms with Crippen LogP contribution < -0.4 is 9.47 Å². The number of methoxy groups -OCH3 is 1. The van der Waals surface area contributed by atoms with Crippen molar-refractivity contribution in [3.63, 3.8) is 0 Å². The minimum atomic E-state index is 0.0746. The average molecular weight is 451 g/mol. The lowest BCUT2D eigenvalue weighted by Crippen LogP contribution is -2.35. The lowest BCUT2D eigenvalue weighted by Gasteiger charge is -2.27. The maximum absolute atomic E-state index is 12.7. The highest BCUT2D eigenvalue weighted by Crippen LogP contribution is 2.35. The van der Waals surface area contributed by atoms with E-state index in [0.29, 0.717) is 23.7 Å². The van der Waals surface area contributed by atoms with Gasteiger partial charge in [-0.15, -0.1) is 0 Å². The molecule has 1 aliphatic heterocycles. The summed E-state index contributed by atoms with van der Waals surface area (Å²) in [5, 5.41) is 0. The molecule has 0 saturated carbocycles. The van der Waals surface area contributed by atoms with Crippen molar-refractivity contribution >= 4 is 28.5 Å². The van der Waals surface area contributed by atoms with E-state index in [0.717, 1.165) is 35.1 Å². The molecule has 0 atom stereocenters. The van der Waals surface area contributed by atoms with Gasteiger partial charge in [0.1, 0.15) is 6.61 Å². The Hall–Kier alpha value is -1.76. The van der Waals surface area contributed by atoms with Gasteiger partial charge < -0.3 is 14.4 Å². The van der Waals surface area contributed by atoms with Crippen LogP contribution in [0.3, 0.4) is 0 Å². The van der Waals surface area contributed by atoms with Crippen LogP contribution in [0, 0.1) is 3.57 Å². The van der Waals surface area contributed by atoms with Gasteiger partial charge in [-0.2, -0.15) is 0 Å². The summed E-state index contributed by atoms with van der Waals surface area (Å²) in [6.45, 7) is 2.14. The van der Waals surface area contributed by atoms with E-state index >= 15 is 0 Å². The van der Waals surface area contributed by atoms with Crippen molar-refractivity contribution in [2.24, 2.45) is 0 Å². The molecule has 132 valence electrons. The van der Waals surface area contributed by atoms with Crippen molar-refractivity contribution in [1.82, 2.24) is 4.90 Å². The zero-order chi connectivity index (χ0) is 17.6. The second-order valence-corrected chi connectivity index (χ2v) is 7.28. The maximum atomic E-state index is 12.7. The molecule has 3 rings (SSSR count). The normalized spacial score (nSPS) is 14.2. The zero-order valence-corrected chi connectivity index (χ0v) is 16.5. The monoisotopic (exact) mass is 451 g/mol. The smallest absolute Gasteiger partial charge is 0.254 e. The molecule has 2 aromatic rings. The largest absolute Gasteiger partial charge is 0.493 e. The number of carbonyl (C=O) groups excluding carboxylic acids is 1. The number of halogens is 1. The van der Waals surface area contributed by atoms with Crippen molar-refractivity contribution in [2.75, 3.05) is 20.2 Å². The van der Waals surface area contributed by atoms with E-state index in [2.05, 4.69) is 22.6 Å². The number of hydrogen-bond acceptors (Lipinski definition) is 3. The Morgan fingerprint density at radius 1 is 1.12 bits per heavy atom. The Labute approximate surface area is 162 Å². The van der Waals surface area contributed by atoms with Crippen molar-refractivity contribution in [1.29, 1.82) is 0 Å². The molecule has 4 nitrogen and oxygen atoms in total. The predicted molar refractivity (Wildman–Crippen MR) is 106 cm³/mol. The van der Waals surface area contributed by atoms with Gasteiger partial charge in [0.15, 0.2) is 11.5 Å². The number of amides is 1. The average Bonchev–Trinajstić information content (AvgIpc) is 2.67. The lowest BCUT2D eigenvalue weighted by atomic mass is 10.1. The first-order valence-corrected chi connectivity index (χ1v) is 9.60. The molecule has 1 fully saturated rings. The number of nitrogens with zero attached hydrogens (tertiary/aromatic N) is 1.